The molecule has 0 saturated carbocycles. The van der Waals surface area contributed by atoms with E-state index in [4.69, 9.17) is 6.42 Å². The number of hydrogen-bond donors (Lipinski definition) is 0. The highest BCUT2D eigenvalue weighted by Crippen LogP contribution is 2.24. The number of likely N-dealkylation sites (tertiary alicyclic amines) is 3. The SMILES string of the molecule is C#CCN1CCC(C(=O)N2CCC[C@H](N3CCCC3)C2)CC1. The van der Waals surface area contributed by atoms with Crippen LogP contribution in [0.2, 0.25) is 0 Å². The number of carbonyl (C=O) groups excluding carboxylic acids is 1. The summed E-state index contributed by atoms with van der Waals surface area (Å²) in [6.07, 6.45) is 12.4. The zero-order valence-corrected chi connectivity index (χ0v) is 13.7. The van der Waals surface area contributed by atoms with Gasteiger partial charge in [0.05, 0.1) is 6.54 Å². The molecule has 3 rings (SSSR count). The summed E-state index contributed by atoms with van der Waals surface area (Å²) in [7, 11) is 0. The minimum Gasteiger partial charge on any atom is -0.341 e. The summed E-state index contributed by atoms with van der Waals surface area (Å²) < 4.78 is 0. The Balaban J connectivity index is 1.50. The van der Waals surface area contributed by atoms with Gasteiger partial charge in [-0.2, -0.15) is 0 Å². The first kappa shape index (κ1) is 15.8. The summed E-state index contributed by atoms with van der Waals surface area (Å²) in [5, 5.41) is 0. The fourth-order valence-corrected chi connectivity index (χ4v) is 4.29. The van der Waals surface area contributed by atoms with E-state index >= 15 is 0 Å². The summed E-state index contributed by atoms with van der Waals surface area (Å²) in [6.45, 7) is 7.07. The Hall–Kier alpha value is -1.05. The summed E-state index contributed by atoms with van der Waals surface area (Å²) >= 11 is 0. The number of amides is 1. The fourth-order valence-electron chi connectivity index (χ4n) is 4.29. The van der Waals surface area contributed by atoms with Crippen LogP contribution in [0.15, 0.2) is 0 Å². The number of nitrogens with zero attached hydrogens (tertiary/aromatic N) is 3. The van der Waals surface area contributed by atoms with Crippen molar-refractivity contribution in [2.24, 2.45) is 5.92 Å². The first-order valence-electron chi connectivity index (χ1n) is 8.96. The molecule has 0 aliphatic carbocycles. The zero-order chi connectivity index (χ0) is 15.4. The van der Waals surface area contributed by atoms with E-state index in [0.717, 1.165) is 45.6 Å². The van der Waals surface area contributed by atoms with Gasteiger partial charge in [0.15, 0.2) is 0 Å². The standard InChI is InChI=1S/C18H29N3O/c1-2-9-19-13-7-16(8-14-19)18(22)21-12-5-6-17(15-21)20-10-3-4-11-20/h1,16-17H,3-15H2/t17-/m0/s1. The molecule has 0 bridgehead atoms. The van der Waals surface area contributed by atoms with Gasteiger partial charge in [-0.1, -0.05) is 5.92 Å². The van der Waals surface area contributed by atoms with Gasteiger partial charge in [-0.15, -0.1) is 6.42 Å². The Bertz CT molecular complexity index is 417. The van der Waals surface area contributed by atoms with E-state index in [1.165, 1.54) is 38.8 Å². The van der Waals surface area contributed by atoms with Crippen LogP contribution >= 0.6 is 0 Å². The summed E-state index contributed by atoms with van der Waals surface area (Å²) in [5.41, 5.74) is 0. The number of carbonyl (C=O) groups is 1. The predicted octanol–water partition coefficient (Wildman–Crippen LogP) is 1.42. The van der Waals surface area contributed by atoms with Gasteiger partial charge >= 0.3 is 0 Å². The highest BCUT2D eigenvalue weighted by atomic mass is 16.2. The van der Waals surface area contributed by atoms with E-state index in [0.29, 0.717) is 11.9 Å². The van der Waals surface area contributed by atoms with Crippen LogP contribution < -0.4 is 0 Å². The van der Waals surface area contributed by atoms with Crippen molar-refractivity contribution in [3.63, 3.8) is 0 Å². The number of rotatable bonds is 3. The lowest BCUT2D eigenvalue weighted by molar-refractivity contribution is -0.139. The Labute approximate surface area is 134 Å². The molecule has 0 N–H and O–H groups in total. The van der Waals surface area contributed by atoms with Crippen molar-refractivity contribution in [1.29, 1.82) is 0 Å². The predicted molar refractivity (Wildman–Crippen MR) is 88.4 cm³/mol. The molecule has 0 aromatic heterocycles. The molecule has 3 heterocycles. The number of piperidine rings is 2. The number of terminal acetylenes is 1. The smallest absolute Gasteiger partial charge is 0.225 e. The van der Waals surface area contributed by atoms with Gasteiger partial charge in [-0.25, -0.2) is 0 Å². The van der Waals surface area contributed by atoms with Gasteiger partial charge in [-0.05, 0) is 64.7 Å². The molecular formula is C18H29N3O. The lowest BCUT2D eigenvalue weighted by Gasteiger charge is -2.40. The lowest BCUT2D eigenvalue weighted by Crippen LogP contribution is -2.51. The van der Waals surface area contributed by atoms with Crippen molar-refractivity contribution in [2.75, 3.05) is 45.8 Å². The van der Waals surface area contributed by atoms with Gasteiger partial charge in [0, 0.05) is 25.0 Å². The lowest BCUT2D eigenvalue weighted by atomic mass is 9.93. The topological polar surface area (TPSA) is 26.8 Å². The van der Waals surface area contributed by atoms with Crippen molar-refractivity contribution in [3.05, 3.63) is 0 Å². The maximum absolute atomic E-state index is 12.8. The van der Waals surface area contributed by atoms with Gasteiger partial charge in [-0.3, -0.25) is 14.6 Å². The molecule has 1 amide bonds. The first-order valence-corrected chi connectivity index (χ1v) is 8.96. The largest absolute Gasteiger partial charge is 0.341 e. The molecule has 3 aliphatic heterocycles. The highest BCUT2D eigenvalue weighted by Gasteiger charge is 2.33. The molecule has 3 fully saturated rings. The van der Waals surface area contributed by atoms with E-state index in [-0.39, 0.29) is 5.92 Å². The van der Waals surface area contributed by atoms with E-state index in [2.05, 4.69) is 20.6 Å². The number of hydrogen-bond acceptors (Lipinski definition) is 3. The van der Waals surface area contributed by atoms with Gasteiger partial charge in [0.2, 0.25) is 5.91 Å². The quantitative estimate of drug-likeness (QED) is 0.738. The molecule has 0 unspecified atom stereocenters. The average molecular weight is 303 g/mol. The third-order valence-corrected chi connectivity index (χ3v) is 5.62. The Morgan fingerprint density at radius 2 is 1.73 bits per heavy atom. The third-order valence-electron chi connectivity index (χ3n) is 5.62. The average Bonchev–Trinajstić information content (AvgIpc) is 3.10. The van der Waals surface area contributed by atoms with Gasteiger partial charge in [0.1, 0.15) is 0 Å². The molecule has 22 heavy (non-hydrogen) atoms. The first-order chi connectivity index (χ1) is 10.8. The second kappa shape index (κ2) is 7.48. The molecule has 0 radical (unpaired) electrons. The molecule has 3 aliphatic rings. The molecule has 0 spiro atoms. The third kappa shape index (κ3) is 3.64. The van der Waals surface area contributed by atoms with E-state index in [1.54, 1.807) is 0 Å². The van der Waals surface area contributed by atoms with Crippen LogP contribution in [0.5, 0.6) is 0 Å². The van der Waals surface area contributed by atoms with Crippen molar-refractivity contribution in [2.45, 2.75) is 44.6 Å². The van der Waals surface area contributed by atoms with Gasteiger partial charge < -0.3 is 4.90 Å². The zero-order valence-electron chi connectivity index (χ0n) is 13.7. The Morgan fingerprint density at radius 3 is 2.41 bits per heavy atom. The van der Waals surface area contributed by atoms with Crippen LogP contribution in [-0.2, 0) is 4.79 Å². The second-order valence-electron chi connectivity index (χ2n) is 7.08. The van der Waals surface area contributed by atoms with Crippen molar-refractivity contribution >= 4 is 5.91 Å². The van der Waals surface area contributed by atoms with Crippen molar-refractivity contribution in [3.8, 4) is 12.3 Å². The normalized spacial score (nSPS) is 28.7. The molecule has 0 aromatic carbocycles. The van der Waals surface area contributed by atoms with Crippen LogP contribution in [0.3, 0.4) is 0 Å². The highest BCUT2D eigenvalue weighted by molar-refractivity contribution is 5.79. The van der Waals surface area contributed by atoms with Gasteiger partial charge in [0.25, 0.3) is 0 Å². The van der Waals surface area contributed by atoms with E-state index < -0.39 is 0 Å². The van der Waals surface area contributed by atoms with Crippen LogP contribution in [0, 0.1) is 18.3 Å². The maximum Gasteiger partial charge on any atom is 0.225 e. The molecule has 122 valence electrons. The molecular weight excluding hydrogens is 274 g/mol. The van der Waals surface area contributed by atoms with Crippen molar-refractivity contribution in [1.82, 2.24) is 14.7 Å². The van der Waals surface area contributed by atoms with Crippen LogP contribution in [0.25, 0.3) is 0 Å². The minimum absolute atomic E-state index is 0.228. The summed E-state index contributed by atoms with van der Waals surface area (Å²) in [6, 6.07) is 0.613. The van der Waals surface area contributed by atoms with Crippen LogP contribution in [-0.4, -0.2) is 72.5 Å². The molecule has 0 aromatic rings. The Kier molecular flexibility index (Phi) is 5.38. The maximum atomic E-state index is 12.8. The summed E-state index contributed by atoms with van der Waals surface area (Å²) in [4.78, 5) is 19.9. The molecule has 3 saturated heterocycles. The fraction of sp³-hybridized carbons (Fsp3) is 0.833. The molecule has 4 nitrogen and oxygen atoms in total. The van der Waals surface area contributed by atoms with E-state index in [9.17, 15) is 4.79 Å². The monoisotopic (exact) mass is 303 g/mol. The van der Waals surface area contributed by atoms with Crippen LogP contribution in [0.1, 0.15) is 38.5 Å². The second-order valence-corrected chi connectivity index (χ2v) is 7.08. The van der Waals surface area contributed by atoms with E-state index in [1.807, 2.05) is 0 Å². The molecule has 1 atom stereocenters. The summed E-state index contributed by atoms with van der Waals surface area (Å²) in [5.74, 6) is 3.34. The minimum atomic E-state index is 0.228. The van der Waals surface area contributed by atoms with Crippen molar-refractivity contribution < 1.29 is 4.79 Å². The Morgan fingerprint density at radius 1 is 1.00 bits per heavy atom. The van der Waals surface area contributed by atoms with Crippen LogP contribution in [0.4, 0.5) is 0 Å². The molecule has 4 heteroatoms.